The third kappa shape index (κ3) is 8.04. The van der Waals surface area contributed by atoms with Gasteiger partial charge in [-0.05, 0) is 51.7 Å². The van der Waals surface area contributed by atoms with E-state index in [2.05, 4.69) is 93.6 Å². The number of rotatable bonds is 9. The number of thiol groups is 1. The van der Waals surface area contributed by atoms with Gasteiger partial charge in [-0.2, -0.15) is 12.6 Å². The van der Waals surface area contributed by atoms with Crippen LogP contribution in [0.3, 0.4) is 0 Å². The van der Waals surface area contributed by atoms with Gasteiger partial charge in [-0.1, -0.05) is 25.1 Å². The van der Waals surface area contributed by atoms with Crippen molar-refractivity contribution >= 4 is 35.8 Å². The summed E-state index contributed by atoms with van der Waals surface area (Å²) in [6, 6.07) is 8.36. The lowest BCUT2D eigenvalue weighted by Gasteiger charge is -2.25. The molecule has 1 rings (SSSR count). The van der Waals surface area contributed by atoms with Crippen molar-refractivity contribution in [3.8, 4) is 0 Å². The van der Waals surface area contributed by atoms with Gasteiger partial charge < -0.3 is 10.6 Å². The molecule has 0 aliphatic rings. The van der Waals surface area contributed by atoms with E-state index >= 15 is 0 Å². The molecule has 0 radical (unpaired) electrons. The summed E-state index contributed by atoms with van der Waals surface area (Å²) in [5.41, 5.74) is 2.28. The molecule has 0 heterocycles. The normalized spacial score (nSPS) is 12.6. The zero-order chi connectivity index (χ0) is 16.6. The van der Waals surface area contributed by atoms with Gasteiger partial charge in [0, 0.05) is 22.6 Å². The summed E-state index contributed by atoms with van der Waals surface area (Å²) in [5, 5.41) is 9.26. The summed E-state index contributed by atoms with van der Waals surface area (Å²) in [5.74, 6) is 0. The predicted octanol–water partition coefficient (Wildman–Crippen LogP) is 5.65. The highest BCUT2D eigenvalue weighted by Crippen LogP contribution is 2.28. The molecule has 0 aliphatic heterocycles. The molecule has 2 nitrogen and oxygen atoms in total. The quantitative estimate of drug-likeness (QED) is 0.507. The van der Waals surface area contributed by atoms with E-state index < -0.39 is 0 Å². The average Bonchev–Trinajstić information content (AvgIpc) is 2.43. The number of anilines is 2. The maximum Gasteiger partial charge on any atom is 0.0576 e. The molecule has 0 amide bonds. The van der Waals surface area contributed by atoms with Gasteiger partial charge in [0.25, 0.3) is 0 Å². The zero-order valence-corrected chi connectivity index (χ0v) is 16.2. The molecular formula is C18H30N2S2. The van der Waals surface area contributed by atoms with Crippen molar-refractivity contribution in [3.63, 3.8) is 0 Å². The minimum Gasteiger partial charge on any atom is -0.382 e. The minimum absolute atomic E-state index is 0.0345. The molecule has 1 aromatic rings. The maximum absolute atomic E-state index is 4.57. The molecule has 1 aromatic carbocycles. The molecule has 2 N–H and O–H groups in total. The van der Waals surface area contributed by atoms with Crippen LogP contribution in [0.5, 0.6) is 0 Å². The Labute approximate surface area is 145 Å². The van der Waals surface area contributed by atoms with E-state index in [1.807, 2.05) is 11.8 Å². The number of hydrogen-bond acceptors (Lipinski definition) is 4. The smallest absolute Gasteiger partial charge is 0.0576 e. The van der Waals surface area contributed by atoms with Crippen molar-refractivity contribution in [1.29, 1.82) is 0 Å². The lowest BCUT2D eigenvalue weighted by molar-refractivity contribution is 0.750. The third-order valence-corrected chi connectivity index (χ3v) is 4.33. The largest absolute Gasteiger partial charge is 0.382 e. The van der Waals surface area contributed by atoms with E-state index in [1.54, 1.807) is 0 Å². The first kappa shape index (κ1) is 19.3. The standard InChI is InChI=1S/C18H30N2S2/c1-6-7-12-22-18(4,5)14-20-16-11-9-8-10-15(16)19-13-17(2,3)21/h7-12,19-21H,6,13-14H2,1-5H3. The second-order valence-corrected chi connectivity index (χ2v) is 9.55. The third-order valence-electron chi connectivity index (χ3n) is 3.06. The van der Waals surface area contributed by atoms with E-state index in [-0.39, 0.29) is 9.49 Å². The molecule has 0 saturated heterocycles. The molecule has 0 bridgehead atoms. The molecule has 22 heavy (non-hydrogen) atoms. The molecule has 0 saturated carbocycles. The van der Waals surface area contributed by atoms with Crippen LogP contribution < -0.4 is 10.6 Å². The lowest BCUT2D eigenvalue weighted by Crippen LogP contribution is -2.27. The summed E-state index contributed by atoms with van der Waals surface area (Å²) in [4.78, 5) is 0. The van der Waals surface area contributed by atoms with Crippen LogP contribution in [0.1, 0.15) is 41.0 Å². The molecule has 0 spiro atoms. The van der Waals surface area contributed by atoms with E-state index in [0.717, 1.165) is 30.9 Å². The van der Waals surface area contributed by atoms with Crippen molar-refractivity contribution in [2.45, 2.75) is 50.5 Å². The minimum atomic E-state index is -0.0345. The number of para-hydroxylation sites is 2. The first-order valence-electron chi connectivity index (χ1n) is 7.85. The summed E-state index contributed by atoms with van der Waals surface area (Å²) in [6.45, 7) is 12.6. The van der Waals surface area contributed by atoms with Crippen LogP contribution in [0.2, 0.25) is 0 Å². The van der Waals surface area contributed by atoms with Gasteiger partial charge >= 0.3 is 0 Å². The summed E-state index contributed by atoms with van der Waals surface area (Å²) >= 11 is 6.44. The Morgan fingerprint density at radius 3 is 2.09 bits per heavy atom. The van der Waals surface area contributed by atoms with Gasteiger partial charge in [-0.15, -0.1) is 11.8 Å². The second-order valence-electron chi connectivity index (χ2n) is 6.72. The fourth-order valence-corrected chi connectivity index (χ4v) is 2.67. The van der Waals surface area contributed by atoms with Gasteiger partial charge in [0.15, 0.2) is 0 Å². The van der Waals surface area contributed by atoms with Gasteiger partial charge in [-0.25, -0.2) is 0 Å². The van der Waals surface area contributed by atoms with E-state index in [9.17, 15) is 0 Å². The SMILES string of the molecule is CCC=CSC(C)(C)CNc1ccccc1NCC(C)(C)S. The fourth-order valence-electron chi connectivity index (χ4n) is 1.78. The van der Waals surface area contributed by atoms with E-state index in [1.165, 1.54) is 0 Å². The van der Waals surface area contributed by atoms with Crippen LogP contribution in [-0.4, -0.2) is 22.6 Å². The Bertz CT molecular complexity index is 476. The van der Waals surface area contributed by atoms with Crippen LogP contribution in [0, 0.1) is 0 Å². The summed E-state index contributed by atoms with van der Waals surface area (Å²) < 4.78 is 0.120. The number of allylic oxidation sites excluding steroid dienone is 1. The van der Waals surface area contributed by atoms with Crippen LogP contribution in [-0.2, 0) is 0 Å². The Hall–Kier alpha value is -0.740. The van der Waals surface area contributed by atoms with E-state index in [4.69, 9.17) is 0 Å². The van der Waals surface area contributed by atoms with E-state index in [0.29, 0.717) is 0 Å². The molecule has 0 aliphatic carbocycles. The Morgan fingerprint density at radius 1 is 1.05 bits per heavy atom. The monoisotopic (exact) mass is 338 g/mol. The maximum atomic E-state index is 4.57. The highest BCUT2D eigenvalue weighted by Gasteiger charge is 2.17. The van der Waals surface area contributed by atoms with Gasteiger partial charge in [0.1, 0.15) is 0 Å². The average molecular weight is 339 g/mol. The summed E-state index contributed by atoms with van der Waals surface area (Å²) in [7, 11) is 0. The lowest BCUT2D eigenvalue weighted by atomic mass is 10.1. The number of nitrogens with one attached hydrogen (secondary N) is 2. The topological polar surface area (TPSA) is 24.1 Å². The number of benzene rings is 1. The molecule has 0 fully saturated rings. The first-order valence-corrected chi connectivity index (χ1v) is 9.18. The highest BCUT2D eigenvalue weighted by molar-refractivity contribution is 8.03. The zero-order valence-electron chi connectivity index (χ0n) is 14.4. The molecule has 124 valence electrons. The first-order chi connectivity index (χ1) is 10.2. The molecule has 4 heteroatoms. The van der Waals surface area contributed by atoms with Gasteiger partial charge in [0.05, 0.1) is 11.4 Å². The fraction of sp³-hybridized carbons (Fsp3) is 0.556. The predicted molar refractivity (Wildman–Crippen MR) is 108 cm³/mol. The Morgan fingerprint density at radius 2 is 1.59 bits per heavy atom. The Kier molecular flexibility index (Phi) is 7.70. The number of thioether (sulfide) groups is 1. The molecule has 0 unspecified atom stereocenters. The van der Waals surface area contributed by atoms with Crippen molar-refractivity contribution in [1.82, 2.24) is 0 Å². The van der Waals surface area contributed by atoms with Crippen LogP contribution >= 0.6 is 24.4 Å². The van der Waals surface area contributed by atoms with Crippen molar-refractivity contribution in [2.24, 2.45) is 0 Å². The van der Waals surface area contributed by atoms with Gasteiger partial charge in [0.2, 0.25) is 0 Å². The van der Waals surface area contributed by atoms with Crippen LogP contribution in [0.4, 0.5) is 11.4 Å². The molecular weight excluding hydrogens is 308 g/mol. The van der Waals surface area contributed by atoms with Crippen LogP contribution in [0.15, 0.2) is 35.7 Å². The molecule has 0 atom stereocenters. The van der Waals surface area contributed by atoms with Crippen molar-refractivity contribution in [3.05, 3.63) is 35.7 Å². The second kappa shape index (κ2) is 8.78. The van der Waals surface area contributed by atoms with Crippen molar-refractivity contribution < 1.29 is 0 Å². The number of hydrogen-bond donors (Lipinski definition) is 3. The van der Waals surface area contributed by atoms with Crippen molar-refractivity contribution in [2.75, 3.05) is 23.7 Å². The highest BCUT2D eigenvalue weighted by atomic mass is 32.2. The molecule has 0 aromatic heterocycles. The van der Waals surface area contributed by atoms with Crippen LogP contribution in [0.25, 0.3) is 0 Å². The Balaban J connectivity index is 2.63. The van der Waals surface area contributed by atoms with Gasteiger partial charge in [-0.3, -0.25) is 0 Å². The summed E-state index contributed by atoms with van der Waals surface area (Å²) in [6.07, 6.45) is 3.29.